The second kappa shape index (κ2) is 9.50. The van der Waals surface area contributed by atoms with Crippen LogP contribution in [0.3, 0.4) is 0 Å². The lowest BCUT2D eigenvalue weighted by Gasteiger charge is -2.34. The van der Waals surface area contributed by atoms with Gasteiger partial charge in [0.15, 0.2) is 4.96 Å². The van der Waals surface area contributed by atoms with Gasteiger partial charge in [-0.25, -0.2) is 4.98 Å². The highest BCUT2D eigenvalue weighted by atomic mass is 32.2. The van der Waals surface area contributed by atoms with Crippen molar-refractivity contribution < 1.29 is 9.32 Å². The number of carbonyl (C=O) groups excluding carboxylic acids is 1. The molecule has 0 atom stereocenters. The lowest BCUT2D eigenvalue weighted by Crippen LogP contribution is -2.48. The third-order valence-corrected chi connectivity index (χ3v) is 7.43. The smallest absolute Gasteiger partial charge is 0.258 e. The molecule has 8 nitrogen and oxygen atoms in total. The summed E-state index contributed by atoms with van der Waals surface area (Å²) in [6.45, 7) is 5.24. The minimum atomic E-state index is -0.0556. The molecule has 0 radical (unpaired) electrons. The van der Waals surface area contributed by atoms with E-state index >= 15 is 0 Å². The first-order valence-electron chi connectivity index (χ1n) is 10.7. The van der Waals surface area contributed by atoms with Gasteiger partial charge in [0.1, 0.15) is 5.76 Å². The third kappa shape index (κ3) is 4.87. The molecule has 0 N–H and O–H groups in total. The summed E-state index contributed by atoms with van der Waals surface area (Å²) in [4.78, 5) is 35.9. The van der Waals surface area contributed by atoms with Gasteiger partial charge >= 0.3 is 0 Å². The standard InChI is InChI=1S/C23H23N5O3S2/c1-16-12-18(25-31-16)15-33-20-5-3-2-4-19(20)22(30)27-8-6-26(7-9-27)14-17-13-21(29)28-10-11-32-23(28)24-17/h2-5,10-13H,6-9,14-15H2,1H3. The first kappa shape index (κ1) is 21.9. The number of rotatable bonds is 6. The van der Waals surface area contributed by atoms with E-state index in [0.29, 0.717) is 35.9 Å². The molecule has 1 aromatic carbocycles. The molecule has 4 aromatic rings. The Hall–Kier alpha value is -2.95. The fourth-order valence-electron chi connectivity index (χ4n) is 3.88. The summed E-state index contributed by atoms with van der Waals surface area (Å²) in [6.07, 6.45) is 1.74. The average molecular weight is 482 g/mol. The number of thioether (sulfide) groups is 1. The van der Waals surface area contributed by atoms with E-state index in [1.807, 2.05) is 47.5 Å². The summed E-state index contributed by atoms with van der Waals surface area (Å²) in [7, 11) is 0. The van der Waals surface area contributed by atoms with Crippen LogP contribution < -0.4 is 5.56 Å². The quantitative estimate of drug-likeness (QED) is 0.391. The Balaban J connectivity index is 1.21. The van der Waals surface area contributed by atoms with Gasteiger partial charge in [-0.2, -0.15) is 0 Å². The molecule has 1 fully saturated rings. The van der Waals surface area contributed by atoms with Gasteiger partial charge in [-0.15, -0.1) is 23.1 Å². The number of aromatic nitrogens is 3. The molecule has 5 rings (SSSR count). The van der Waals surface area contributed by atoms with E-state index < -0.39 is 0 Å². The molecular formula is C23H23N5O3S2. The molecule has 0 bridgehead atoms. The molecule has 1 saturated heterocycles. The summed E-state index contributed by atoms with van der Waals surface area (Å²) in [5.74, 6) is 1.48. The fraction of sp³-hybridized carbons (Fsp3) is 0.304. The number of hydrogen-bond donors (Lipinski definition) is 0. The van der Waals surface area contributed by atoms with Crippen LogP contribution in [-0.2, 0) is 12.3 Å². The highest BCUT2D eigenvalue weighted by Crippen LogP contribution is 2.27. The molecule has 1 aliphatic rings. The zero-order valence-corrected chi connectivity index (χ0v) is 19.8. The van der Waals surface area contributed by atoms with Crippen molar-refractivity contribution in [2.24, 2.45) is 0 Å². The predicted molar refractivity (Wildman–Crippen MR) is 128 cm³/mol. The summed E-state index contributed by atoms with van der Waals surface area (Å²) in [6, 6.07) is 11.2. The van der Waals surface area contributed by atoms with Gasteiger partial charge in [0, 0.05) is 67.1 Å². The molecule has 0 spiro atoms. The average Bonchev–Trinajstić information content (AvgIpc) is 3.47. The molecule has 170 valence electrons. The van der Waals surface area contributed by atoms with Crippen molar-refractivity contribution in [2.75, 3.05) is 26.2 Å². The van der Waals surface area contributed by atoms with E-state index in [2.05, 4.69) is 15.0 Å². The number of aryl methyl sites for hydroxylation is 1. The van der Waals surface area contributed by atoms with Gasteiger partial charge in [0.05, 0.1) is 17.0 Å². The van der Waals surface area contributed by atoms with Crippen molar-refractivity contribution in [3.63, 3.8) is 0 Å². The minimum absolute atomic E-state index is 0.0467. The van der Waals surface area contributed by atoms with Crippen LogP contribution in [0.1, 0.15) is 27.5 Å². The Kier molecular flexibility index (Phi) is 6.30. The lowest BCUT2D eigenvalue weighted by atomic mass is 10.1. The Morgan fingerprint density at radius 2 is 1.97 bits per heavy atom. The predicted octanol–water partition coefficient (Wildman–Crippen LogP) is 3.30. The van der Waals surface area contributed by atoms with Gasteiger partial charge in [-0.1, -0.05) is 17.3 Å². The third-order valence-electron chi connectivity index (χ3n) is 5.57. The second-order valence-electron chi connectivity index (χ2n) is 7.92. The van der Waals surface area contributed by atoms with Gasteiger partial charge in [-0.3, -0.25) is 18.9 Å². The van der Waals surface area contributed by atoms with Crippen LogP contribution in [0.5, 0.6) is 0 Å². The van der Waals surface area contributed by atoms with E-state index in [9.17, 15) is 9.59 Å². The van der Waals surface area contributed by atoms with Crippen molar-refractivity contribution in [1.29, 1.82) is 0 Å². The van der Waals surface area contributed by atoms with Crippen LogP contribution in [0.2, 0.25) is 0 Å². The maximum Gasteiger partial charge on any atom is 0.258 e. The first-order chi connectivity index (χ1) is 16.1. The van der Waals surface area contributed by atoms with Gasteiger partial charge in [0.25, 0.3) is 11.5 Å². The molecule has 3 aromatic heterocycles. The largest absolute Gasteiger partial charge is 0.361 e. The minimum Gasteiger partial charge on any atom is -0.361 e. The number of thiazole rings is 1. The Morgan fingerprint density at radius 1 is 1.15 bits per heavy atom. The molecule has 0 saturated carbocycles. The molecule has 1 amide bonds. The summed E-state index contributed by atoms with van der Waals surface area (Å²) >= 11 is 3.05. The normalized spacial score (nSPS) is 14.8. The van der Waals surface area contributed by atoms with Crippen LogP contribution in [0.25, 0.3) is 4.96 Å². The fourth-order valence-corrected chi connectivity index (χ4v) is 5.55. The van der Waals surface area contributed by atoms with Crippen LogP contribution >= 0.6 is 23.1 Å². The molecule has 0 unspecified atom stereocenters. The number of nitrogens with zero attached hydrogens (tertiary/aromatic N) is 5. The maximum atomic E-state index is 13.3. The summed E-state index contributed by atoms with van der Waals surface area (Å²) in [5.41, 5.74) is 2.29. The molecule has 33 heavy (non-hydrogen) atoms. The van der Waals surface area contributed by atoms with Crippen molar-refractivity contribution in [2.45, 2.75) is 24.1 Å². The van der Waals surface area contributed by atoms with E-state index in [4.69, 9.17) is 4.52 Å². The maximum absolute atomic E-state index is 13.3. The topological polar surface area (TPSA) is 84.0 Å². The zero-order chi connectivity index (χ0) is 22.8. The second-order valence-corrected chi connectivity index (χ2v) is 9.81. The molecule has 10 heteroatoms. The molecule has 1 aliphatic heterocycles. The van der Waals surface area contributed by atoms with E-state index in [1.54, 1.807) is 28.4 Å². The molecule has 0 aliphatic carbocycles. The number of amides is 1. The van der Waals surface area contributed by atoms with Gasteiger partial charge in [-0.05, 0) is 19.1 Å². The van der Waals surface area contributed by atoms with Crippen molar-refractivity contribution in [3.05, 3.63) is 81.0 Å². The number of hydrogen-bond acceptors (Lipinski definition) is 8. The van der Waals surface area contributed by atoms with E-state index in [1.165, 1.54) is 11.3 Å². The lowest BCUT2D eigenvalue weighted by molar-refractivity contribution is 0.0623. The monoisotopic (exact) mass is 481 g/mol. The number of benzene rings is 1. The molecular weight excluding hydrogens is 458 g/mol. The van der Waals surface area contributed by atoms with E-state index in [-0.39, 0.29) is 11.5 Å². The zero-order valence-electron chi connectivity index (χ0n) is 18.1. The number of piperazine rings is 1. The highest BCUT2D eigenvalue weighted by molar-refractivity contribution is 7.98. The Labute approximate surface area is 198 Å². The highest BCUT2D eigenvalue weighted by Gasteiger charge is 2.24. The first-order valence-corrected chi connectivity index (χ1v) is 12.5. The summed E-state index contributed by atoms with van der Waals surface area (Å²) in [5, 5.41) is 5.90. The van der Waals surface area contributed by atoms with Crippen LogP contribution in [-0.4, -0.2) is 56.4 Å². The van der Waals surface area contributed by atoms with E-state index in [0.717, 1.165) is 35.1 Å². The van der Waals surface area contributed by atoms with Crippen molar-refractivity contribution >= 4 is 34.0 Å². The van der Waals surface area contributed by atoms with Crippen LogP contribution in [0.4, 0.5) is 0 Å². The number of fused-ring (bicyclic) bond motifs is 1. The van der Waals surface area contributed by atoms with Gasteiger partial charge < -0.3 is 9.42 Å². The Morgan fingerprint density at radius 3 is 2.76 bits per heavy atom. The summed E-state index contributed by atoms with van der Waals surface area (Å²) < 4.78 is 6.70. The van der Waals surface area contributed by atoms with Crippen molar-refractivity contribution in [1.82, 2.24) is 24.3 Å². The number of carbonyl (C=O) groups is 1. The SMILES string of the molecule is Cc1cc(CSc2ccccc2C(=O)N2CCN(Cc3cc(=O)n4ccsc4n3)CC2)no1. The molecule has 4 heterocycles. The van der Waals surface area contributed by atoms with Crippen molar-refractivity contribution in [3.8, 4) is 0 Å². The Bertz CT molecular complexity index is 1340. The van der Waals surface area contributed by atoms with Crippen LogP contribution in [0, 0.1) is 6.92 Å². The van der Waals surface area contributed by atoms with Gasteiger partial charge in [0.2, 0.25) is 0 Å². The van der Waals surface area contributed by atoms with Crippen LogP contribution in [0.15, 0.2) is 62.2 Å².